The van der Waals surface area contributed by atoms with Gasteiger partial charge in [-0.3, -0.25) is 14.4 Å². The van der Waals surface area contributed by atoms with Crippen LogP contribution in [0.1, 0.15) is 43.0 Å². The summed E-state index contributed by atoms with van der Waals surface area (Å²) in [6, 6.07) is 5.55. The summed E-state index contributed by atoms with van der Waals surface area (Å²) in [5.41, 5.74) is -1.46. The quantitative estimate of drug-likeness (QED) is 0.663. The molecule has 2 amide bonds. The average Bonchev–Trinajstić information content (AvgIpc) is 2.63. The van der Waals surface area contributed by atoms with Crippen LogP contribution in [0, 0.1) is 11.2 Å². The van der Waals surface area contributed by atoms with Crippen LogP contribution in [0.5, 0.6) is 0 Å². The minimum atomic E-state index is -1.36. The maximum atomic E-state index is 13.6. The van der Waals surface area contributed by atoms with Crippen molar-refractivity contribution < 1.29 is 29.0 Å². The Hall–Kier alpha value is -2.48. The maximum absolute atomic E-state index is 13.6. The molecule has 0 bridgehead atoms. The van der Waals surface area contributed by atoms with E-state index in [9.17, 15) is 29.0 Å². The lowest BCUT2D eigenvalue weighted by Crippen LogP contribution is -2.57. The fourth-order valence-electron chi connectivity index (χ4n) is 3.48. The number of carbonyl (C=O) groups excluding carboxylic acids is 2. The smallest absolute Gasteiger partial charge is 0.314 e. The van der Waals surface area contributed by atoms with Crippen LogP contribution in [-0.2, 0) is 9.59 Å². The molecule has 0 aromatic heterocycles. The van der Waals surface area contributed by atoms with Gasteiger partial charge in [0.25, 0.3) is 5.91 Å². The molecule has 0 radical (unpaired) electrons. The van der Waals surface area contributed by atoms with E-state index in [1.807, 2.05) is 6.92 Å². The Morgan fingerprint density at radius 2 is 2.04 bits per heavy atom. The van der Waals surface area contributed by atoms with E-state index in [1.165, 1.54) is 23.1 Å². The summed E-state index contributed by atoms with van der Waals surface area (Å²) in [5.74, 6) is -2.67. The van der Waals surface area contributed by atoms with Gasteiger partial charge in [0.05, 0.1) is 11.7 Å². The number of amides is 2. The van der Waals surface area contributed by atoms with Crippen LogP contribution in [0.3, 0.4) is 0 Å². The van der Waals surface area contributed by atoms with Gasteiger partial charge in [0.2, 0.25) is 5.91 Å². The number of aliphatic carboxylic acids is 1. The molecule has 8 heteroatoms. The summed E-state index contributed by atoms with van der Waals surface area (Å²) < 4.78 is 13.6. The predicted octanol–water partition coefficient (Wildman–Crippen LogP) is 1.41. The number of halogens is 1. The minimum absolute atomic E-state index is 0.0128. The van der Waals surface area contributed by atoms with E-state index in [-0.39, 0.29) is 50.4 Å². The van der Waals surface area contributed by atoms with Crippen LogP contribution in [0.15, 0.2) is 24.3 Å². The van der Waals surface area contributed by atoms with Crippen molar-refractivity contribution in [2.45, 2.75) is 38.7 Å². The second-order valence-electron chi connectivity index (χ2n) is 6.82. The van der Waals surface area contributed by atoms with Crippen LogP contribution in [0.25, 0.3) is 0 Å². The van der Waals surface area contributed by atoms with Crippen LogP contribution in [0.2, 0.25) is 0 Å². The van der Waals surface area contributed by atoms with Crippen molar-refractivity contribution in [1.29, 1.82) is 0 Å². The van der Waals surface area contributed by atoms with Gasteiger partial charge in [0.1, 0.15) is 11.2 Å². The molecule has 0 spiro atoms. The first-order valence-corrected chi connectivity index (χ1v) is 9.03. The van der Waals surface area contributed by atoms with E-state index in [4.69, 9.17) is 0 Å². The van der Waals surface area contributed by atoms with Crippen molar-refractivity contribution in [3.05, 3.63) is 35.6 Å². The number of carboxylic acid groups (broad SMARTS) is 1. The van der Waals surface area contributed by atoms with Crippen molar-refractivity contribution in [3.63, 3.8) is 0 Å². The lowest BCUT2D eigenvalue weighted by molar-refractivity contribution is -0.166. The molecule has 1 aliphatic heterocycles. The Labute approximate surface area is 157 Å². The molecule has 1 aliphatic rings. The second kappa shape index (κ2) is 8.94. The number of benzene rings is 1. The molecular weight excluding hydrogens is 355 g/mol. The molecule has 2 rings (SSSR count). The summed E-state index contributed by atoms with van der Waals surface area (Å²) in [7, 11) is 0. The van der Waals surface area contributed by atoms with Gasteiger partial charge in [0.15, 0.2) is 0 Å². The largest absolute Gasteiger partial charge is 0.481 e. The Bertz CT molecular complexity index is 711. The van der Waals surface area contributed by atoms with Gasteiger partial charge in [-0.15, -0.1) is 0 Å². The SMILES string of the molecule is CCC[C@@]1(C(=O)O)CN(C(=O)CCNC(=O)c2ccccc2F)CC[C@@H]1O. The molecule has 2 atom stereocenters. The fourth-order valence-corrected chi connectivity index (χ4v) is 3.48. The van der Waals surface area contributed by atoms with Crippen LogP contribution >= 0.6 is 0 Å². The second-order valence-corrected chi connectivity index (χ2v) is 6.82. The van der Waals surface area contributed by atoms with Gasteiger partial charge >= 0.3 is 5.97 Å². The third kappa shape index (κ3) is 4.63. The lowest BCUT2D eigenvalue weighted by Gasteiger charge is -2.43. The van der Waals surface area contributed by atoms with Gasteiger partial charge in [-0.25, -0.2) is 4.39 Å². The van der Waals surface area contributed by atoms with E-state index in [0.29, 0.717) is 6.42 Å². The van der Waals surface area contributed by atoms with Gasteiger partial charge in [-0.2, -0.15) is 0 Å². The zero-order valence-electron chi connectivity index (χ0n) is 15.3. The number of nitrogens with zero attached hydrogens (tertiary/aromatic N) is 1. The number of aliphatic hydroxyl groups excluding tert-OH is 1. The van der Waals surface area contributed by atoms with Gasteiger partial charge in [0, 0.05) is 26.1 Å². The van der Waals surface area contributed by atoms with Crippen molar-refractivity contribution in [3.8, 4) is 0 Å². The number of nitrogens with one attached hydrogen (secondary N) is 1. The highest BCUT2D eigenvalue weighted by Gasteiger charge is 2.49. The van der Waals surface area contributed by atoms with Crippen molar-refractivity contribution in [2.24, 2.45) is 5.41 Å². The number of aliphatic hydroxyl groups is 1. The minimum Gasteiger partial charge on any atom is -0.481 e. The van der Waals surface area contributed by atoms with Crippen molar-refractivity contribution in [1.82, 2.24) is 10.2 Å². The standard InChI is InChI=1S/C19H25FN2O5/c1-2-9-19(18(26)27)12-22(11-8-15(19)23)16(24)7-10-21-17(25)13-5-3-4-6-14(13)20/h3-6,15,23H,2,7-12H2,1H3,(H,21,25)(H,26,27)/t15-,19+/m0/s1. The fraction of sp³-hybridized carbons (Fsp3) is 0.526. The number of carbonyl (C=O) groups is 3. The number of carboxylic acids is 1. The Morgan fingerprint density at radius 1 is 1.33 bits per heavy atom. The van der Waals surface area contributed by atoms with Crippen LogP contribution in [0.4, 0.5) is 4.39 Å². The first kappa shape index (κ1) is 20.8. The molecule has 1 aromatic rings. The highest BCUT2D eigenvalue weighted by molar-refractivity contribution is 5.94. The van der Waals surface area contributed by atoms with Crippen molar-refractivity contribution in [2.75, 3.05) is 19.6 Å². The van der Waals surface area contributed by atoms with E-state index in [0.717, 1.165) is 0 Å². The highest BCUT2D eigenvalue weighted by Crippen LogP contribution is 2.35. The first-order valence-electron chi connectivity index (χ1n) is 9.03. The Balaban J connectivity index is 1.93. The van der Waals surface area contributed by atoms with Gasteiger partial charge < -0.3 is 20.4 Å². The summed E-state index contributed by atoms with van der Waals surface area (Å²) in [5, 5.41) is 22.3. The molecule has 1 heterocycles. The summed E-state index contributed by atoms with van der Waals surface area (Å²) >= 11 is 0. The number of likely N-dealkylation sites (tertiary alicyclic amines) is 1. The third-order valence-electron chi connectivity index (χ3n) is 5.00. The maximum Gasteiger partial charge on any atom is 0.314 e. The molecule has 3 N–H and O–H groups in total. The molecule has 0 unspecified atom stereocenters. The monoisotopic (exact) mass is 380 g/mol. The molecule has 1 aromatic carbocycles. The Morgan fingerprint density at radius 3 is 2.67 bits per heavy atom. The van der Waals surface area contributed by atoms with E-state index in [1.54, 1.807) is 6.07 Å². The zero-order chi connectivity index (χ0) is 20.0. The molecular formula is C19H25FN2O5. The average molecular weight is 380 g/mol. The predicted molar refractivity (Wildman–Crippen MR) is 95.5 cm³/mol. The number of hydrogen-bond acceptors (Lipinski definition) is 4. The van der Waals surface area contributed by atoms with E-state index >= 15 is 0 Å². The van der Waals surface area contributed by atoms with Crippen molar-refractivity contribution >= 4 is 17.8 Å². The molecule has 1 fully saturated rings. The topological polar surface area (TPSA) is 107 Å². The first-order chi connectivity index (χ1) is 12.8. The number of rotatable bonds is 7. The van der Waals surface area contributed by atoms with Crippen LogP contribution in [-0.4, -0.2) is 58.6 Å². The Kier molecular flexibility index (Phi) is 6.90. The summed E-state index contributed by atoms with van der Waals surface area (Å²) in [4.78, 5) is 37.6. The summed E-state index contributed by atoms with van der Waals surface area (Å²) in [6.45, 7) is 2.05. The molecule has 7 nitrogen and oxygen atoms in total. The highest BCUT2D eigenvalue weighted by atomic mass is 19.1. The van der Waals surface area contributed by atoms with E-state index < -0.39 is 29.2 Å². The lowest BCUT2D eigenvalue weighted by atomic mass is 9.74. The molecule has 0 aliphatic carbocycles. The molecule has 1 saturated heterocycles. The molecule has 0 saturated carbocycles. The normalized spacial score (nSPS) is 22.3. The zero-order valence-corrected chi connectivity index (χ0v) is 15.3. The van der Waals surface area contributed by atoms with Gasteiger partial charge in [-0.05, 0) is 25.0 Å². The third-order valence-corrected chi connectivity index (χ3v) is 5.00. The number of hydrogen-bond donors (Lipinski definition) is 3. The van der Waals surface area contributed by atoms with Gasteiger partial charge in [-0.1, -0.05) is 25.5 Å². The molecule has 27 heavy (non-hydrogen) atoms. The number of piperidine rings is 1. The van der Waals surface area contributed by atoms with E-state index in [2.05, 4.69) is 5.32 Å². The molecule has 148 valence electrons. The summed E-state index contributed by atoms with van der Waals surface area (Å²) in [6.07, 6.45) is 0.0128. The van der Waals surface area contributed by atoms with Crippen LogP contribution < -0.4 is 5.32 Å².